The first-order chi connectivity index (χ1) is 15.3. The van der Waals surface area contributed by atoms with Gasteiger partial charge in [-0.3, -0.25) is 0 Å². The van der Waals surface area contributed by atoms with Crippen molar-refractivity contribution in [2.24, 2.45) is 11.8 Å². The Bertz CT molecular complexity index is 974. The van der Waals surface area contributed by atoms with E-state index in [9.17, 15) is 15.3 Å². The molecule has 5 nitrogen and oxygen atoms in total. The lowest BCUT2D eigenvalue weighted by atomic mass is 9.67. The highest BCUT2D eigenvalue weighted by Gasteiger charge is 2.55. The first-order valence-electron chi connectivity index (χ1n) is 11.1. The largest absolute Gasteiger partial charge is 0.444 e. The van der Waals surface area contributed by atoms with E-state index in [-0.39, 0.29) is 41.5 Å². The summed E-state index contributed by atoms with van der Waals surface area (Å²) in [5, 5.41) is 19.7. The number of nitrogens with zero attached hydrogens (tertiary/aromatic N) is 3. The Morgan fingerprint density at radius 3 is 2.34 bits per heavy atom. The van der Waals surface area contributed by atoms with Gasteiger partial charge in [-0.15, -0.1) is 13.2 Å². The van der Waals surface area contributed by atoms with E-state index in [1.165, 1.54) is 0 Å². The molecule has 2 saturated heterocycles. The predicted molar refractivity (Wildman–Crippen MR) is 124 cm³/mol. The fraction of sp³-hybridized carbons (Fsp3) is 0.444. The van der Waals surface area contributed by atoms with Gasteiger partial charge in [-0.1, -0.05) is 42.5 Å². The minimum absolute atomic E-state index is 0.128. The van der Waals surface area contributed by atoms with Gasteiger partial charge in [0.15, 0.2) is 0 Å². The van der Waals surface area contributed by atoms with Gasteiger partial charge in [0.2, 0.25) is 0 Å². The summed E-state index contributed by atoms with van der Waals surface area (Å²) in [6.07, 6.45) is 5.51. The molecule has 0 radical (unpaired) electrons. The molecule has 1 aromatic carbocycles. The number of amides is 1. The van der Waals surface area contributed by atoms with Crippen LogP contribution in [0.2, 0.25) is 0 Å². The molecule has 2 aliphatic rings. The number of rotatable bonds is 5. The van der Waals surface area contributed by atoms with Crippen LogP contribution in [0.1, 0.15) is 51.5 Å². The van der Waals surface area contributed by atoms with Crippen LogP contribution in [0.3, 0.4) is 0 Å². The molecule has 3 rings (SSSR count). The summed E-state index contributed by atoms with van der Waals surface area (Å²) in [4.78, 5) is 15.2. The number of ether oxygens (including phenoxy) is 1. The molecule has 5 heteroatoms. The third kappa shape index (κ3) is 4.34. The average molecular weight is 430 g/mol. The van der Waals surface area contributed by atoms with Gasteiger partial charge in [-0.2, -0.15) is 10.5 Å². The van der Waals surface area contributed by atoms with Gasteiger partial charge in [-0.25, -0.2) is 4.79 Å². The average Bonchev–Trinajstić information content (AvgIpc) is 3.12. The lowest BCUT2D eigenvalue weighted by Crippen LogP contribution is -2.55. The second-order valence-corrected chi connectivity index (χ2v) is 9.48. The smallest absolute Gasteiger partial charge is 0.410 e. The van der Waals surface area contributed by atoms with Crippen LogP contribution in [0.5, 0.6) is 0 Å². The van der Waals surface area contributed by atoms with Crippen LogP contribution in [0, 0.1) is 34.5 Å². The number of benzene rings is 1. The predicted octanol–water partition coefficient (Wildman–Crippen LogP) is 5.89. The fourth-order valence-corrected chi connectivity index (χ4v) is 5.43. The van der Waals surface area contributed by atoms with E-state index in [2.05, 4.69) is 25.3 Å². The normalized spacial score (nSPS) is 25.3. The van der Waals surface area contributed by atoms with E-state index < -0.39 is 5.60 Å². The van der Waals surface area contributed by atoms with Crippen LogP contribution in [0.15, 0.2) is 66.8 Å². The van der Waals surface area contributed by atoms with Crippen molar-refractivity contribution in [3.8, 4) is 12.1 Å². The molecule has 2 bridgehead atoms. The SMILES string of the molecule is C=CC[C@@H]1C(=C(C#N)C#N)[C@H]([C@@H](C=C)c2ccccc2)[C@H]2CC[C@@H]1N2C(=O)OC(C)(C)C. The molecule has 0 saturated carbocycles. The standard InChI is InChI=1S/C27H31N3O2/c1-6-11-21-22-14-15-23(30(22)26(31)32-27(3,4)5)25(24(21)19(16-28)17-29)20(7-2)18-12-9-8-10-13-18/h6-10,12-13,20-23,25H,1-2,11,14-15H2,3-5H3/t20-,21-,22-,23+,25+/m0/s1. The minimum atomic E-state index is -0.613. The van der Waals surface area contributed by atoms with Crippen molar-refractivity contribution in [3.63, 3.8) is 0 Å². The zero-order valence-electron chi connectivity index (χ0n) is 19.1. The van der Waals surface area contributed by atoms with E-state index in [1.807, 2.05) is 68.2 Å². The number of hydrogen-bond donors (Lipinski definition) is 0. The number of fused-ring (bicyclic) bond motifs is 2. The zero-order valence-corrected chi connectivity index (χ0v) is 19.1. The van der Waals surface area contributed by atoms with Crippen LogP contribution in [-0.4, -0.2) is 28.7 Å². The van der Waals surface area contributed by atoms with E-state index in [0.717, 1.165) is 24.0 Å². The highest BCUT2D eigenvalue weighted by Crippen LogP contribution is 2.53. The number of nitriles is 2. The van der Waals surface area contributed by atoms with Crippen LogP contribution < -0.4 is 0 Å². The molecular weight excluding hydrogens is 398 g/mol. The van der Waals surface area contributed by atoms with Gasteiger partial charge in [0.25, 0.3) is 0 Å². The van der Waals surface area contributed by atoms with Gasteiger partial charge >= 0.3 is 6.09 Å². The summed E-state index contributed by atoms with van der Waals surface area (Å²) >= 11 is 0. The van der Waals surface area contributed by atoms with Gasteiger partial charge in [0, 0.05) is 29.8 Å². The Balaban J connectivity index is 2.21. The summed E-state index contributed by atoms with van der Waals surface area (Å²) in [6, 6.07) is 13.9. The Kier molecular flexibility index (Phi) is 6.90. The van der Waals surface area contributed by atoms with Gasteiger partial charge in [0.1, 0.15) is 23.3 Å². The van der Waals surface area contributed by atoms with E-state index in [0.29, 0.717) is 6.42 Å². The van der Waals surface area contributed by atoms with Gasteiger partial charge < -0.3 is 9.64 Å². The second kappa shape index (κ2) is 9.45. The van der Waals surface area contributed by atoms with E-state index >= 15 is 0 Å². The van der Waals surface area contributed by atoms with Crippen molar-refractivity contribution >= 4 is 6.09 Å². The molecule has 1 aromatic rings. The number of allylic oxidation sites excluding steroid dienone is 3. The maximum Gasteiger partial charge on any atom is 0.410 e. The molecule has 0 N–H and O–H groups in total. The molecule has 166 valence electrons. The molecule has 2 aliphatic heterocycles. The first-order valence-corrected chi connectivity index (χ1v) is 11.1. The quantitative estimate of drug-likeness (QED) is 0.432. The summed E-state index contributed by atoms with van der Waals surface area (Å²) < 4.78 is 5.79. The third-order valence-electron chi connectivity index (χ3n) is 6.47. The Morgan fingerprint density at radius 1 is 1.19 bits per heavy atom. The summed E-state index contributed by atoms with van der Waals surface area (Å²) in [7, 11) is 0. The maximum atomic E-state index is 13.3. The van der Waals surface area contributed by atoms with E-state index in [4.69, 9.17) is 4.74 Å². The van der Waals surface area contributed by atoms with E-state index in [1.54, 1.807) is 0 Å². The summed E-state index contributed by atoms with van der Waals surface area (Å²) in [5.41, 5.74) is 1.41. The number of carbonyl (C=O) groups is 1. The van der Waals surface area contributed by atoms with Crippen LogP contribution >= 0.6 is 0 Å². The van der Waals surface area contributed by atoms with Crippen LogP contribution in [-0.2, 0) is 4.74 Å². The molecule has 2 heterocycles. The number of hydrogen-bond acceptors (Lipinski definition) is 4. The monoisotopic (exact) mass is 429 g/mol. The van der Waals surface area contributed by atoms with Crippen molar-refractivity contribution < 1.29 is 9.53 Å². The number of carbonyl (C=O) groups excluding carboxylic acids is 1. The zero-order chi connectivity index (χ0) is 23.5. The fourth-order valence-electron chi connectivity index (χ4n) is 5.43. The lowest BCUT2D eigenvalue weighted by molar-refractivity contribution is -0.00320. The third-order valence-corrected chi connectivity index (χ3v) is 6.47. The van der Waals surface area contributed by atoms with Crippen molar-refractivity contribution in [3.05, 3.63) is 72.4 Å². The van der Waals surface area contributed by atoms with Crippen molar-refractivity contribution in [1.82, 2.24) is 4.90 Å². The molecule has 2 fully saturated rings. The minimum Gasteiger partial charge on any atom is -0.444 e. The molecule has 32 heavy (non-hydrogen) atoms. The molecule has 1 amide bonds. The second-order valence-electron chi connectivity index (χ2n) is 9.48. The first kappa shape index (κ1) is 23.4. The summed E-state index contributed by atoms with van der Waals surface area (Å²) in [6.45, 7) is 13.6. The maximum absolute atomic E-state index is 13.3. The topological polar surface area (TPSA) is 77.1 Å². The Labute approximate surface area is 191 Å². The molecule has 0 unspecified atom stereocenters. The highest BCUT2D eigenvalue weighted by molar-refractivity contribution is 5.71. The van der Waals surface area contributed by atoms with Crippen molar-refractivity contribution in [1.29, 1.82) is 10.5 Å². The van der Waals surface area contributed by atoms with Crippen LogP contribution in [0.4, 0.5) is 4.79 Å². The van der Waals surface area contributed by atoms with Crippen molar-refractivity contribution in [2.75, 3.05) is 0 Å². The number of piperidine rings is 1. The highest BCUT2D eigenvalue weighted by atomic mass is 16.6. The van der Waals surface area contributed by atoms with Gasteiger partial charge in [0.05, 0.1) is 0 Å². The molecule has 0 spiro atoms. The Hall–Kier alpha value is -3.31. The van der Waals surface area contributed by atoms with Crippen LogP contribution in [0.25, 0.3) is 0 Å². The molecular formula is C27H31N3O2. The molecule has 0 aromatic heterocycles. The molecule has 0 aliphatic carbocycles. The van der Waals surface area contributed by atoms with Crippen molar-refractivity contribution in [2.45, 2.75) is 63.6 Å². The van der Waals surface area contributed by atoms with Gasteiger partial charge in [-0.05, 0) is 51.2 Å². The molecule has 5 atom stereocenters. The lowest BCUT2D eigenvalue weighted by Gasteiger charge is -2.48. The summed E-state index contributed by atoms with van der Waals surface area (Å²) in [5.74, 6) is -0.547. The Morgan fingerprint density at radius 2 is 1.81 bits per heavy atom.